The van der Waals surface area contributed by atoms with Gasteiger partial charge in [0.2, 0.25) is 5.91 Å². The molecule has 2 fully saturated rings. The molecule has 0 saturated carbocycles. The molecule has 3 aromatic rings. The summed E-state index contributed by atoms with van der Waals surface area (Å²) in [6, 6.07) is 18.4. The SMILES string of the molecule is N#CCC(=O)N1CC[C@H](Oc2ccc(-c3nccc(Nc4ccc(N5CCO[C@@H](CO)C5)cc4)n3)cc2C#N)[C@H](F)C1. The fourth-order valence-corrected chi connectivity index (χ4v) is 4.98. The van der Waals surface area contributed by atoms with Crippen molar-refractivity contribution in [3.05, 3.63) is 60.3 Å². The molecule has 1 aromatic heterocycles. The van der Waals surface area contributed by atoms with Crippen LogP contribution in [0.1, 0.15) is 18.4 Å². The van der Waals surface area contributed by atoms with E-state index in [0.717, 1.165) is 17.9 Å². The first kappa shape index (κ1) is 28.7. The molecule has 0 radical (unpaired) electrons. The van der Waals surface area contributed by atoms with Gasteiger partial charge < -0.3 is 29.7 Å². The van der Waals surface area contributed by atoms with Crippen LogP contribution in [0.25, 0.3) is 11.4 Å². The summed E-state index contributed by atoms with van der Waals surface area (Å²) < 4.78 is 26.2. The summed E-state index contributed by atoms with van der Waals surface area (Å²) >= 11 is 0. The molecule has 0 bridgehead atoms. The number of alkyl halides is 1. The summed E-state index contributed by atoms with van der Waals surface area (Å²) in [6.45, 7) is 2.06. The van der Waals surface area contributed by atoms with Gasteiger partial charge >= 0.3 is 0 Å². The third kappa shape index (κ3) is 6.74. The van der Waals surface area contributed by atoms with Crippen molar-refractivity contribution in [2.45, 2.75) is 31.2 Å². The van der Waals surface area contributed by atoms with Crippen molar-refractivity contribution in [3.8, 4) is 29.3 Å². The predicted molar refractivity (Wildman–Crippen MR) is 152 cm³/mol. The Kier molecular flexibility index (Phi) is 9.07. The number of carbonyl (C=O) groups is 1. The number of morpholine rings is 1. The number of nitrogens with zero attached hydrogens (tertiary/aromatic N) is 6. The maximum atomic E-state index is 14.8. The van der Waals surface area contributed by atoms with Crippen LogP contribution in [0.4, 0.5) is 21.6 Å². The zero-order valence-electron chi connectivity index (χ0n) is 22.8. The van der Waals surface area contributed by atoms with E-state index in [1.165, 1.54) is 4.90 Å². The maximum Gasteiger partial charge on any atom is 0.236 e. The molecule has 0 aliphatic carbocycles. The van der Waals surface area contributed by atoms with Crippen molar-refractivity contribution in [3.63, 3.8) is 0 Å². The molecule has 12 heteroatoms. The van der Waals surface area contributed by atoms with Crippen LogP contribution in [-0.2, 0) is 9.53 Å². The van der Waals surface area contributed by atoms with Gasteiger partial charge in [0.1, 0.15) is 30.2 Å². The molecule has 42 heavy (non-hydrogen) atoms. The summed E-state index contributed by atoms with van der Waals surface area (Å²) in [5, 5.41) is 31.2. The molecule has 2 aliphatic rings. The van der Waals surface area contributed by atoms with E-state index >= 15 is 0 Å². The highest BCUT2D eigenvalue weighted by Gasteiger charge is 2.33. The second-order valence-electron chi connectivity index (χ2n) is 10.0. The van der Waals surface area contributed by atoms with E-state index in [1.807, 2.05) is 24.3 Å². The maximum absolute atomic E-state index is 14.8. The van der Waals surface area contributed by atoms with Gasteiger partial charge in [-0.2, -0.15) is 10.5 Å². The molecular weight excluding hydrogens is 541 g/mol. The van der Waals surface area contributed by atoms with E-state index in [0.29, 0.717) is 30.4 Å². The number of anilines is 3. The first-order valence-corrected chi connectivity index (χ1v) is 13.6. The molecule has 2 aromatic carbocycles. The van der Waals surface area contributed by atoms with Crippen LogP contribution in [-0.4, -0.2) is 83.7 Å². The average molecular weight is 572 g/mol. The van der Waals surface area contributed by atoms with Gasteiger partial charge in [-0.3, -0.25) is 4.79 Å². The highest BCUT2D eigenvalue weighted by Crippen LogP contribution is 2.29. The van der Waals surface area contributed by atoms with E-state index in [-0.39, 0.29) is 50.0 Å². The van der Waals surface area contributed by atoms with Crippen molar-refractivity contribution in [1.82, 2.24) is 14.9 Å². The van der Waals surface area contributed by atoms with Crippen molar-refractivity contribution < 1.29 is 23.8 Å². The number of halogens is 1. The van der Waals surface area contributed by atoms with Gasteiger partial charge in [0, 0.05) is 49.2 Å². The van der Waals surface area contributed by atoms with Crippen LogP contribution in [0, 0.1) is 22.7 Å². The lowest BCUT2D eigenvalue weighted by Gasteiger charge is -2.34. The number of likely N-dealkylation sites (tertiary alicyclic amines) is 1. The quantitative estimate of drug-likeness (QED) is 0.413. The zero-order chi connectivity index (χ0) is 29.5. The van der Waals surface area contributed by atoms with Gasteiger partial charge in [-0.05, 0) is 48.5 Å². The number of hydrogen-bond acceptors (Lipinski definition) is 10. The van der Waals surface area contributed by atoms with E-state index < -0.39 is 18.2 Å². The molecule has 1 amide bonds. The molecular formula is C30H30FN7O4. The molecule has 216 valence electrons. The summed E-state index contributed by atoms with van der Waals surface area (Å²) in [4.78, 5) is 24.4. The smallest absolute Gasteiger partial charge is 0.236 e. The first-order chi connectivity index (χ1) is 20.5. The van der Waals surface area contributed by atoms with Crippen LogP contribution in [0.15, 0.2) is 54.7 Å². The van der Waals surface area contributed by atoms with Crippen LogP contribution in [0.2, 0.25) is 0 Å². The lowest BCUT2D eigenvalue weighted by molar-refractivity contribution is -0.134. The number of hydrogen-bond donors (Lipinski definition) is 2. The number of rotatable bonds is 8. The van der Waals surface area contributed by atoms with Gasteiger partial charge in [-0.1, -0.05) is 0 Å². The molecule has 3 heterocycles. The summed E-state index contributed by atoms with van der Waals surface area (Å²) in [5.41, 5.74) is 2.68. The van der Waals surface area contributed by atoms with E-state index in [2.05, 4.69) is 26.3 Å². The largest absolute Gasteiger partial charge is 0.486 e. The summed E-state index contributed by atoms with van der Waals surface area (Å²) in [6.07, 6.45) is -0.872. The second kappa shape index (κ2) is 13.3. The molecule has 2 N–H and O–H groups in total. The van der Waals surface area contributed by atoms with Gasteiger partial charge in [-0.25, -0.2) is 14.4 Å². The molecule has 2 aliphatic heterocycles. The first-order valence-electron chi connectivity index (χ1n) is 13.6. The van der Waals surface area contributed by atoms with Gasteiger partial charge in [0.25, 0.3) is 0 Å². The monoisotopic (exact) mass is 571 g/mol. The Bertz CT molecular complexity index is 1490. The standard InChI is InChI=1S/C30H30FN7O4/c31-25-18-38(29(40)7-10-32)12-9-27(25)42-26-6-1-20(15-21(26)16-33)30-34-11-8-28(36-30)35-22-2-4-23(5-3-22)37-13-14-41-24(17-37)19-39/h1-6,8,11,15,24-25,27,39H,7,9,12-14,17-19H2,(H,34,35,36)/t24-,25-,27+/m1/s1. The Morgan fingerprint density at radius 2 is 2.00 bits per heavy atom. The van der Waals surface area contributed by atoms with Gasteiger partial charge in [-0.15, -0.1) is 0 Å². The Morgan fingerprint density at radius 3 is 2.74 bits per heavy atom. The van der Waals surface area contributed by atoms with E-state index in [4.69, 9.17) is 14.7 Å². The molecule has 3 atom stereocenters. The fourth-order valence-electron chi connectivity index (χ4n) is 4.98. The Balaban J connectivity index is 1.24. The molecule has 5 rings (SSSR count). The minimum atomic E-state index is -1.45. The van der Waals surface area contributed by atoms with Crippen LogP contribution in [0.3, 0.4) is 0 Å². The lowest BCUT2D eigenvalue weighted by atomic mass is 10.0. The second-order valence-corrected chi connectivity index (χ2v) is 10.0. The molecule has 0 unspecified atom stereocenters. The fraction of sp³-hybridized carbons (Fsp3) is 0.367. The van der Waals surface area contributed by atoms with Crippen molar-refractivity contribution in [1.29, 1.82) is 10.5 Å². The van der Waals surface area contributed by atoms with E-state index in [1.54, 1.807) is 36.5 Å². The number of aliphatic hydroxyl groups is 1. The minimum Gasteiger partial charge on any atom is -0.486 e. The molecule has 0 spiro atoms. The van der Waals surface area contributed by atoms with Crippen molar-refractivity contribution in [2.24, 2.45) is 0 Å². The topological polar surface area (TPSA) is 148 Å². The van der Waals surface area contributed by atoms with Crippen LogP contribution in [0.5, 0.6) is 5.75 Å². The normalized spacial score (nSPS) is 20.3. The van der Waals surface area contributed by atoms with Crippen molar-refractivity contribution in [2.75, 3.05) is 49.6 Å². The van der Waals surface area contributed by atoms with Crippen molar-refractivity contribution >= 4 is 23.1 Å². The Hall–Kier alpha value is -4.78. The Morgan fingerprint density at radius 1 is 1.17 bits per heavy atom. The number of aliphatic hydroxyl groups excluding tert-OH is 1. The van der Waals surface area contributed by atoms with Crippen LogP contribution >= 0.6 is 0 Å². The number of nitrogens with one attached hydrogen (secondary N) is 1. The molecule has 11 nitrogen and oxygen atoms in total. The van der Waals surface area contributed by atoms with Crippen LogP contribution < -0.4 is 15.0 Å². The number of piperidine rings is 1. The predicted octanol–water partition coefficient (Wildman–Crippen LogP) is 3.19. The number of benzene rings is 2. The van der Waals surface area contributed by atoms with Gasteiger partial charge in [0.05, 0.1) is 37.5 Å². The Labute approximate surface area is 242 Å². The third-order valence-corrected chi connectivity index (χ3v) is 7.20. The zero-order valence-corrected chi connectivity index (χ0v) is 22.8. The number of nitriles is 2. The molecule has 2 saturated heterocycles. The highest BCUT2D eigenvalue weighted by molar-refractivity contribution is 5.78. The highest BCUT2D eigenvalue weighted by atomic mass is 19.1. The average Bonchev–Trinajstić information content (AvgIpc) is 3.02. The summed E-state index contributed by atoms with van der Waals surface area (Å²) in [5.74, 6) is 0.803. The lowest BCUT2D eigenvalue weighted by Crippen LogP contribution is -2.49. The van der Waals surface area contributed by atoms with E-state index in [9.17, 15) is 19.6 Å². The number of carbonyl (C=O) groups excluding carboxylic acids is 1. The number of amides is 1. The minimum absolute atomic E-state index is 0.0105. The number of ether oxygens (including phenoxy) is 2. The third-order valence-electron chi connectivity index (χ3n) is 7.20. The number of aromatic nitrogens is 2. The van der Waals surface area contributed by atoms with Gasteiger partial charge in [0.15, 0.2) is 12.0 Å². The summed E-state index contributed by atoms with van der Waals surface area (Å²) in [7, 11) is 0.